The number of piperidine rings is 3. The summed E-state index contributed by atoms with van der Waals surface area (Å²) in [5.74, 6) is 1.55. The maximum absolute atomic E-state index is 13.0. The Labute approximate surface area is 171 Å². The number of hydrogen-bond donors (Lipinski definition) is 1. The lowest BCUT2D eigenvalue weighted by Gasteiger charge is -2.40. The van der Waals surface area contributed by atoms with Crippen LogP contribution >= 0.6 is 24.8 Å². The van der Waals surface area contributed by atoms with Crippen LogP contribution in [0.25, 0.3) is 0 Å². The molecule has 1 N–H and O–H groups in total. The SMILES string of the molecule is CC1CCCCN1CC1CCCN(C(=O)C2CC23CCNCC3)C1.Cl.Cl. The summed E-state index contributed by atoms with van der Waals surface area (Å²) in [5.41, 5.74) is 0.386. The Hall–Kier alpha value is -0.0300. The van der Waals surface area contributed by atoms with Crippen molar-refractivity contribution in [3.05, 3.63) is 0 Å². The number of likely N-dealkylation sites (tertiary alicyclic amines) is 2. The van der Waals surface area contributed by atoms with E-state index >= 15 is 0 Å². The standard InChI is InChI=1S/C20H35N3O.2ClH/c1-16-5-2-3-11-22(16)14-17-6-4-12-23(15-17)19(24)18-13-20(18)7-9-21-10-8-20;;/h16-18,21H,2-15H2,1H3;2*1H. The molecular weight excluding hydrogens is 369 g/mol. The molecule has 1 amide bonds. The van der Waals surface area contributed by atoms with Gasteiger partial charge in [0.1, 0.15) is 0 Å². The van der Waals surface area contributed by atoms with Gasteiger partial charge in [-0.3, -0.25) is 4.79 Å². The number of amides is 1. The monoisotopic (exact) mass is 405 g/mol. The third kappa shape index (κ3) is 4.68. The van der Waals surface area contributed by atoms with Crippen LogP contribution < -0.4 is 5.32 Å². The first-order chi connectivity index (χ1) is 11.7. The van der Waals surface area contributed by atoms with E-state index < -0.39 is 0 Å². The molecule has 3 unspecified atom stereocenters. The highest BCUT2D eigenvalue weighted by Gasteiger charge is 2.58. The second-order valence-corrected chi connectivity index (χ2v) is 9.00. The Morgan fingerprint density at radius 3 is 2.58 bits per heavy atom. The summed E-state index contributed by atoms with van der Waals surface area (Å²) in [4.78, 5) is 18.0. The van der Waals surface area contributed by atoms with Gasteiger partial charge in [-0.1, -0.05) is 6.42 Å². The lowest BCUT2D eigenvalue weighted by Crippen LogP contribution is -2.47. The van der Waals surface area contributed by atoms with Gasteiger partial charge in [-0.25, -0.2) is 0 Å². The van der Waals surface area contributed by atoms with Crippen LogP contribution in [0.4, 0.5) is 0 Å². The number of carbonyl (C=O) groups excluding carboxylic acids is 1. The molecule has 6 heteroatoms. The second-order valence-electron chi connectivity index (χ2n) is 9.00. The van der Waals surface area contributed by atoms with Crippen molar-refractivity contribution in [1.82, 2.24) is 15.1 Å². The van der Waals surface area contributed by atoms with Crippen LogP contribution in [0.2, 0.25) is 0 Å². The molecule has 4 nitrogen and oxygen atoms in total. The zero-order valence-electron chi connectivity index (χ0n) is 16.3. The molecule has 0 radical (unpaired) electrons. The minimum atomic E-state index is 0. The molecule has 1 spiro atoms. The van der Waals surface area contributed by atoms with Crippen molar-refractivity contribution >= 4 is 30.7 Å². The van der Waals surface area contributed by atoms with E-state index in [1.165, 1.54) is 58.0 Å². The van der Waals surface area contributed by atoms with Gasteiger partial charge in [0.15, 0.2) is 0 Å². The van der Waals surface area contributed by atoms with Crippen molar-refractivity contribution in [2.45, 2.75) is 64.3 Å². The molecule has 0 aromatic carbocycles. The first-order valence-electron chi connectivity index (χ1n) is 10.4. The Morgan fingerprint density at radius 1 is 1.08 bits per heavy atom. The van der Waals surface area contributed by atoms with Gasteiger partial charge in [-0.15, -0.1) is 24.8 Å². The van der Waals surface area contributed by atoms with E-state index in [2.05, 4.69) is 22.0 Å². The van der Waals surface area contributed by atoms with Crippen molar-refractivity contribution < 1.29 is 4.79 Å². The summed E-state index contributed by atoms with van der Waals surface area (Å²) in [7, 11) is 0. The van der Waals surface area contributed by atoms with Gasteiger partial charge >= 0.3 is 0 Å². The van der Waals surface area contributed by atoms with E-state index in [-0.39, 0.29) is 24.8 Å². The smallest absolute Gasteiger partial charge is 0.226 e. The number of nitrogens with zero attached hydrogens (tertiary/aromatic N) is 2. The van der Waals surface area contributed by atoms with Gasteiger partial charge in [0.25, 0.3) is 0 Å². The average molecular weight is 406 g/mol. The molecule has 0 bridgehead atoms. The third-order valence-corrected chi connectivity index (χ3v) is 7.35. The predicted octanol–water partition coefficient (Wildman–Crippen LogP) is 3.33. The van der Waals surface area contributed by atoms with Crippen LogP contribution in [0.5, 0.6) is 0 Å². The van der Waals surface area contributed by atoms with Crippen molar-refractivity contribution in [1.29, 1.82) is 0 Å². The molecule has 4 fully saturated rings. The highest BCUT2D eigenvalue weighted by atomic mass is 35.5. The van der Waals surface area contributed by atoms with Crippen molar-refractivity contribution in [3.8, 4) is 0 Å². The van der Waals surface area contributed by atoms with Gasteiger partial charge in [0, 0.05) is 31.6 Å². The highest BCUT2D eigenvalue weighted by Crippen LogP contribution is 2.59. The quantitative estimate of drug-likeness (QED) is 0.781. The summed E-state index contributed by atoms with van der Waals surface area (Å²) in [6.07, 6.45) is 10.2. The summed E-state index contributed by atoms with van der Waals surface area (Å²) in [6.45, 7) is 9.12. The van der Waals surface area contributed by atoms with Gasteiger partial charge in [-0.05, 0) is 82.8 Å². The van der Waals surface area contributed by atoms with Crippen LogP contribution in [0, 0.1) is 17.3 Å². The summed E-state index contributed by atoms with van der Waals surface area (Å²) >= 11 is 0. The van der Waals surface area contributed by atoms with E-state index in [0.717, 1.165) is 38.6 Å². The molecule has 0 aromatic heterocycles. The second kappa shape index (κ2) is 9.45. The van der Waals surface area contributed by atoms with Gasteiger partial charge in [0.2, 0.25) is 5.91 Å². The molecule has 3 aliphatic heterocycles. The topological polar surface area (TPSA) is 35.6 Å². The third-order valence-electron chi connectivity index (χ3n) is 7.35. The molecule has 3 atom stereocenters. The Morgan fingerprint density at radius 2 is 1.85 bits per heavy atom. The van der Waals surface area contributed by atoms with Gasteiger partial charge in [-0.2, -0.15) is 0 Å². The zero-order valence-corrected chi connectivity index (χ0v) is 17.9. The molecule has 1 aliphatic carbocycles. The van der Waals surface area contributed by atoms with Crippen LogP contribution in [0.15, 0.2) is 0 Å². The van der Waals surface area contributed by atoms with Crippen molar-refractivity contribution in [2.75, 3.05) is 39.3 Å². The van der Waals surface area contributed by atoms with Crippen LogP contribution in [-0.4, -0.2) is 61.0 Å². The Bertz CT molecular complexity index is 470. The fraction of sp³-hybridized carbons (Fsp3) is 0.950. The van der Waals surface area contributed by atoms with E-state index in [0.29, 0.717) is 23.2 Å². The summed E-state index contributed by atoms with van der Waals surface area (Å²) in [6, 6.07) is 0.742. The fourth-order valence-corrected chi connectivity index (χ4v) is 5.57. The minimum Gasteiger partial charge on any atom is -0.342 e. The predicted molar refractivity (Wildman–Crippen MR) is 111 cm³/mol. The normalized spacial score (nSPS) is 33.9. The lowest BCUT2D eigenvalue weighted by molar-refractivity contribution is -0.135. The fourth-order valence-electron chi connectivity index (χ4n) is 5.57. The number of rotatable bonds is 3. The molecule has 4 aliphatic rings. The maximum atomic E-state index is 13.0. The number of nitrogens with one attached hydrogen (secondary N) is 1. The van der Waals surface area contributed by atoms with E-state index in [4.69, 9.17) is 0 Å². The van der Waals surface area contributed by atoms with E-state index in [9.17, 15) is 4.79 Å². The first kappa shape index (κ1) is 22.3. The Kier molecular flexibility index (Phi) is 8.09. The zero-order chi connectivity index (χ0) is 16.6. The van der Waals surface area contributed by atoms with E-state index in [1.54, 1.807) is 0 Å². The molecule has 3 saturated heterocycles. The van der Waals surface area contributed by atoms with Gasteiger partial charge in [0.05, 0.1) is 0 Å². The average Bonchev–Trinajstić information content (AvgIpc) is 3.30. The molecule has 3 heterocycles. The first-order valence-corrected chi connectivity index (χ1v) is 10.4. The molecule has 26 heavy (non-hydrogen) atoms. The lowest BCUT2D eigenvalue weighted by atomic mass is 9.90. The van der Waals surface area contributed by atoms with E-state index in [1.807, 2.05) is 0 Å². The molecular formula is C20H37Cl2N3O. The largest absolute Gasteiger partial charge is 0.342 e. The maximum Gasteiger partial charge on any atom is 0.226 e. The molecule has 4 rings (SSSR count). The number of carbonyl (C=O) groups is 1. The Balaban J connectivity index is 0.00000121. The van der Waals surface area contributed by atoms with Crippen LogP contribution in [-0.2, 0) is 4.79 Å². The minimum absolute atomic E-state index is 0. The molecule has 0 aromatic rings. The number of halogens is 2. The van der Waals surface area contributed by atoms with Crippen molar-refractivity contribution in [2.24, 2.45) is 17.3 Å². The molecule has 1 saturated carbocycles. The summed E-state index contributed by atoms with van der Waals surface area (Å²) in [5, 5.41) is 3.45. The molecule has 152 valence electrons. The van der Waals surface area contributed by atoms with Crippen molar-refractivity contribution in [3.63, 3.8) is 0 Å². The van der Waals surface area contributed by atoms with Gasteiger partial charge < -0.3 is 15.1 Å². The van der Waals surface area contributed by atoms with Crippen LogP contribution in [0.1, 0.15) is 58.3 Å². The number of hydrogen-bond acceptors (Lipinski definition) is 3. The summed E-state index contributed by atoms with van der Waals surface area (Å²) < 4.78 is 0. The highest BCUT2D eigenvalue weighted by molar-refractivity contribution is 5.85. The van der Waals surface area contributed by atoms with Crippen LogP contribution in [0.3, 0.4) is 0 Å².